The largest absolute Gasteiger partial charge is 0.393 e. The maximum Gasteiger partial charge on any atom is 0.193 e. The number of aliphatic hydroxyl groups is 1. The van der Waals surface area contributed by atoms with Crippen molar-refractivity contribution in [3.8, 4) is 0 Å². The van der Waals surface area contributed by atoms with Gasteiger partial charge in [0.25, 0.3) is 0 Å². The maximum atomic E-state index is 10.2. The second kappa shape index (κ2) is 8.55. The molecule has 0 heterocycles. The molecule has 3 nitrogen and oxygen atoms in total. The fraction of sp³-hybridized carbons (Fsp3) is 0.235. The van der Waals surface area contributed by atoms with Gasteiger partial charge in [0.1, 0.15) is 0 Å². The third-order valence-corrected chi connectivity index (χ3v) is 3.56. The molecule has 2 rings (SSSR count). The summed E-state index contributed by atoms with van der Waals surface area (Å²) < 4.78 is -1.49. The molecular formula is C17H17Cl3N2O. The first-order valence-electron chi connectivity index (χ1n) is 7.12. The van der Waals surface area contributed by atoms with Crippen LogP contribution in [0, 0.1) is 0 Å². The van der Waals surface area contributed by atoms with Gasteiger partial charge in [0.15, 0.2) is 3.79 Å². The van der Waals surface area contributed by atoms with Crippen LogP contribution < -0.4 is 5.43 Å². The molecular weight excluding hydrogens is 355 g/mol. The molecule has 0 unspecified atom stereocenters. The van der Waals surface area contributed by atoms with Gasteiger partial charge < -0.3 is 5.11 Å². The van der Waals surface area contributed by atoms with Crippen LogP contribution in [0.5, 0.6) is 0 Å². The van der Waals surface area contributed by atoms with E-state index in [-0.39, 0.29) is 12.8 Å². The second-order valence-corrected chi connectivity index (χ2v) is 7.60. The second-order valence-electron chi connectivity index (χ2n) is 5.08. The number of nitrogens with one attached hydrogen (secondary N) is 1. The van der Waals surface area contributed by atoms with Crippen molar-refractivity contribution in [3.63, 3.8) is 0 Å². The molecule has 0 saturated carbocycles. The van der Waals surface area contributed by atoms with E-state index in [2.05, 4.69) is 10.5 Å². The van der Waals surface area contributed by atoms with Crippen molar-refractivity contribution in [2.45, 2.75) is 22.7 Å². The smallest absolute Gasteiger partial charge is 0.193 e. The number of rotatable bonds is 6. The van der Waals surface area contributed by atoms with E-state index in [0.717, 1.165) is 11.3 Å². The number of hydrogen-bond donors (Lipinski definition) is 2. The Kier molecular flexibility index (Phi) is 6.72. The van der Waals surface area contributed by atoms with Crippen molar-refractivity contribution in [2.24, 2.45) is 5.10 Å². The lowest BCUT2D eigenvalue weighted by Crippen LogP contribution is -2.21. The molecule has 0 aliphatic heterocycles. The highest BCUT2D eigenvalue weighted by atomic mass is 35.6. The van der Waals surface area contributed by atoms with Crippen molar-refractivity contribution in [2.75, 3.05) is 5.43 Å². The Labute approximate surface area is 150 Å². The molecule has 2 aromatic carbocycles. The summed E-state index contributed by atoms with van der Waals surface area (Å²) in [5.74, 6) is 0. The highest BCUT2D eigenvalue weighted by Crippen LogP contribution is 2.32. The maximum absolute atomic E-state index is 10.2. The van der Waals surface area contributed by atoms with E-state index in [9.17, 15) is 5.11 Å². The van der Waals surface area contributed by atoms with Gasteiger partial charge in [-0.15, -0.1) is 0 Å². The van der Waals surface area contributed by atoms with Crippen LogP contribution in [0.2, 0.25) is 0 Å². The molecule has 0 aromatic heterocycles. The number of benzene rings is 2. The summed E-state index contributed by atoms with van der Waals surface area (Å²) in [7, 11) is 0. The zero-order valence-corrected chi connectivity index (χ0v) is 14.6. The molecule has 23 heavy (non-hydrogen) atoms. The average Bonchev–Trinajstić information content (AvgIpc) is 2.51. The van der Waals surface area contributed by atoms with Crippen LogP contribution in [0.15, 0.2) is 65.8 Å². The minimum atomic E-state index is -1.49. The van der Waals surface area contributed by atoms with Gasteiger partial charge in [0.2, 0.25) is 0 Å². The molecule has 0 amide bonds. The predicted octanol–water partition coefficient (Wildman–Crippen LogP) is 5.01. The Balaban J connectivity index is 2.15. The van der Waals surface area contributed by atoms with Gasteiger partial charge in [-0.05, 0) is 17.7 Å². The summed E-state index contributed by atoms with van der Waals surface area (Å²) in [6, 6.07) is 19.2. The summed E-state index contributed by atoms with van der Waals surface area (Å²) in [6.45, 7) is 0. The van der Waals surface area contributed by atoms with Gasteiger partial charge in [0, 0.05) is 12.8 Å². The molecule has 6 heteroatoms. The average molecular weight is 372 g/mol. The summed E-state index contributed by atoms with van der Waals surface area (Å²) >= 11 is 17.2. The molecule has 2 aromatic rings. The molecule has 0 radical (unpaired) electrons. The number of alkyl halides is 3. The predicted molar refractivity (Wildman–Crippen MR) is 98.6 cm³/mol. The van der Waals surface area contributed by atoms with Gasteiger partial charge in [0.05, 0.1) is 17.5 Å². The van der Waals surface area contributed by atoms with Crippen molar-refractivity contribution in [1.82, 2.24) is 0 Å². The number of halogens is 3. The van der Waals surface area contributed by atoms with Crippen LogP contribution in [0.1, 0.15) is 18.4 Å². The quantitative estimate of drug-likeness (QED) is 0.426. The van der Waals surface area contributed by atoms with E-state index in [0.29, 0.717) is 5.71 Å². The summed E-state index contributed by atoms with van der Waals surface area (Å²) in [5.41, 5.74) is 5.44. The number of aliphatic hydroxyl groups excluding tert-OH is 1. The molecule has 0 bridgehead atoms. The van der Waals surface area contributed by atoms with Gasteiger partial charge >= 0.3 is 0 Å². The highest BCUT2D eigenvalue weighted by Gasteiger charge is 2.25. The number of anilines is 1. The number of para-hydroxylation sites is 1. The fourth-order valence-corrected chi connectivity index (χ4v) is 2.60. The Bertz CT molecular complexity index is 627. The first-order valence-corrected chi connectivity index (χ1v) is 8.25. The lowest BCUT2D eigenvalue weighted by Gasteiger charge is -2.17. The van der Waals surface area contributed by atoms with Crippen LogP contribution in [0.4, 0.5) is 5.69 Å². The SMILES string of the molecule is O[C@@H](C/C(=N\Nc1ccccc1)c1ccccc1)CC(Cl)(Cl)Cl. The lowest BCUT2D eigenvalue weighted by atomic mass is 10.0. The summed E-state index contributed by atoms with van der Waals surface area (Å²) in [6.07, 6.45) is -0.494. The Morgan fingerprint density at radius 3 is 2.13 bits per heavy atom. The number of nitrogens with zero attached hydrogens (tertiary/aromatic N) is 1. The monoisotopic (exact) mass is 370 g/mol. The van der Waals surface area contributed by atoms with E-state index >= 15 is 0 Å². The summed E-state index contributed by atoms with van der Waals surface area (Å²) in [5, 5.41) is 14.6. The molecule has 0 fully saturated rings. The normalized spacial score (nSPS) is 13.7. The fourth-order valence-electron chi connectivity index (χ4n) is 2.07. The van der Waals surface area contributed by atoms with Crippen LogP contribution >= 0.6 is 34.8 Å². The summed E-state index contributed by atoms with van der Waals surface area (Å²) in [4.78, 5) is 0. The van der Waals surface area contributed by atoms with E-state index in [1.165, 1.54) is 0 Å². The van der Waals surface area contributed by atoms with E-state index in [4.69, 9.17) is 34.8 Å². The van der Waals surface area contributed by atoms with Crippen LogP contribution in [-0.2, 0) is 0 Å². The first kappa shape index (κ1) is 18.1. The van der Waals surface area contributed by atoms with Crippen molar-refractivity contribution in [3.05, 3.63) is 66.2 Å². The van der Waals surface area contributed by atoms with Crippen LogP contribution in [-0.4, -0.2) is 20.7 Å². The Morgan fingerprint density at radius 2 is 1.57 bits per heavy atom. The van der Waals surface area contributed by atoms with Gasteiger partial charge in [-0.3, -0.25) is 5.43 Å². The molecule has 0 saturated heterocycles. The molecule has 1 atom stereocenters. The van der Waals surface area contributed by atoms with E-state index in [1.54, 1.807) is 0 Å². The first-order chi connectivity index (χ1) is 10.9. The number of hydrazone groups is 1. The molecule has 0 aliphatic rings. The van der Waals surface area contributed by atoms with Crippen molar-refractivity contribution >= 4 is 46.2 Å². The number of hydrogen-bond acceptors (Lipinski definition) is 3. The third-order valence-electron chi connectivity index (χ3n) is 3.10. The molecule has 2 N–H and O–H groups in total. The third kappa shape index (κ3) is 6.80. The van der Waals surface area contributed by atoms with Crippen LogP contribution in [0.3, 0.4) is 0 Å². The van der Waals surface area contributed by atoms with E-state index < -0.39 is 9.90 Å². The minimum Gasteiger partial charge on any atom is -0.393 e. The molecule has 0 spiro atoms. The Morgan fingerprint density at radius 1 is 1.00 bits per heavy atom. The van der Waals surface area contributed by atoms with Gasteiger partial charge in [-0.2, -0.15) is 5.10 Å². The lowest BCUT2D eigenvalue weighted by molar-refractivity contribution is 0.174. The zero-order valence-electron chi connectivity index (χ0n) is 12.3. The van der Waals surface area contributed by atoms with Gasteiger partial charge in [-0.25, -0.2) is 0 Å². The molecule has 122 valence electrons. The highest BCUT2D eigenvalue weighted by molar-refractivity contribution is 6.67. The topological polar surface area (TPSA) is 44.6 Å². The van der Waals surface area contributed by atoms with E-state index in [1.807, 2.05) is 60.7 Å². The zero-order chi connectivity index (χ0) is 16.7. The molecule has 0 aliphatic carbocycles. The van der Waals surface area contributed by atoms with Crippen molar-refractivity contribution < 1.29 is 5.11 Å². The standard InChI is InChI=1S/C17H17Cl3N2O/c18-17(19,20)12-15(23)11-16(13-7-3-1-4-8-13)22-21-14-9-5-2-6-10-14/h1-10,15,21,23H,11-12H2/b22-16+/t15-/m0/s1. The van der Waals surface area contributed by atoms with Gasteiger partial charge in [-0.1, -0.05) is 83.3 Å². The Hall–Kier alpha value is -1.26. The minimum absolute atomic E-state index is 0.0366. The van der Waals surface area contributed by atoms with Crippen molar-refractivity contribution in [1.29, 1.82) is 0 Å². The van der Waals surface area contributed by atoms with Crippen LogP contribution in [0.25, 0.3) is 0 Å².